The highest BCUT2D eigenvalue weighted by Crippen LogP contribution is 2.43. The molecular formula is C58H38N2. The second-order valence-electron chi connectivity index (χ2n) is 15.8. The van der Waals surface area contributed by atoms with Crippen molar-refractivity contribution in [2.24, 2.45) is 0 Å². The van der Waals surface area contributed by atoms with Gasteiger partial charge in [0.1, 0.15) is 0 Å². The number of nitrogens with zero attached hydrogens (tertiary/aromatic N) is 2. The smallest absolute Gasteiger partial charge is 0.0473 e. The van der Waals surface area contributed by atoms with Crippen molar-refractivity contribution in [3.8, 4) is 0 Å². The molecule has 0 aliphatic heterocycles. The number of hydrogen-bond acceptors (Lipinski definition) is 2. The van der Waals surface area contributed by atoms with Gasteiger partial charge in [-0.15, -0.1) is 0 Å². The SMILES string of the molecule is C(=Cc1ccc(N(c2ccccc2)c2cc3ccc4cccc5ccc(c2)c3c45)cc1)c1ccc(N(c2ccccc2)c2cc3ccc4cccc5ccc(c2)c3c45)cc1. The first kappa shape index (κ1) is 34.1. The number of hydrogen-bond donors (Lipinski definition) is 0. The molecule has 0 bridgehead atoms. The van der Waals surface area contributed by atoms with Gasteiger partial charge in [-0.3, -0.25) is 0 Å². The van der Waals surface area contributed by atoms with Crippen molar-refractivity contribution in [2.75, 3.05) is 9.80 Å². The van der Waals surface area contributed by atoms with Crippen LogP contribution in [0, 0.1) is 0 Å². The molecule has 12 aromatic carbocycles. The Balaban J connectivity index is 0.857. The van der Waals surface area contributed by atoms with E-state index < -0.39 is 0 Å². The van der Waals surface area contributed by atoms with Crippen molar-refractivity contribution in [1.82, 2.24) is 0 Å². The zero-order chi connectivity index (χ0) is 39.6. The third-order valence-corrected chi connectivity index (χ3v) is 12.2. The van der Waals surface area contributed by atoms with Crippen LogP contribution in [0.25, 0.3) is 76.8 Å². The van der Waals surface area contributed by atoms with E-state index in [2.05, 4.69) is 240 Å². The standard InChI is InChI=1S/C58H38N2/c1-3-13-49(14-4-1)59(53-35-45-27-23-41-9-7-10-42-24-28-46(36-53)57(45)55(41)42)51-31-19-39(20-32-51)17-18-40-21-33-52(34-22-40)60(50-15-5-2-6-16-50)54-37-47-29-25-43-11-8-12-44-26-30-48(38-54)58(47)56(43)44/h1-38H. The fraction of sp³-hybridized carbons (Fsp3) is 0. The summed E-state index contributed by atoms with van der Waals surface area (Å²) >= 11 is 0. The first-order valence-corrected chi connectivity index (χ1v) is 20.7. The molecule has 0 amide bonds. The molecule has 2 nitrogen and oxygen atoms in total. The summed E-state index contributed by atoms with van der Waals surface area (Å²) in [6, 6.07) is 79.7. The van der Waals surface area contributed by atoms with Crippen LogP contribution in [0.3, 0.4) is 0 Å². The monoisotopic (exact) mass is 762 g/mol. The van der Waals surface area contributed by atoms with E-state index in [0.717, 1.165) is 45.3 Å². The van der Waals surface area contributed by atoms with Crippen molar-refractivity contribution in [1.29, 1.82) is 0 Å². The van der Waals surface area contributed by atoms with Crippen molar-refractivity contribution in [3.63, 3.8) is 0 Å². The van der Waals surface area contributed by atoms with Gasteiger partial charge in [0.25, 0.3) is 0 Å². The molecule has 0 spiro atoms. The molecule has 0 aliphatic rings. The molecule has 0 radical (unpaired) electrons. The van der Waals surface area contributed by atoms with Crippen LogP contribution in [0.15, 0.2) is 218 Å². The maximum atomic E-state index is 2.36. The number of rotatable bonds is 8. The average molecular weight is 763 g/mol. The number of benzene rings is 12. The second kappa shape index (κ2) is 13.9. The van der Waals surface area contributed by atoms with Gasteiger partial charge in [0.15, 0.2) is 0 Å². The van der Waals surface area contributed by atoms with Crippen LogP contribution in [0.1, 0.15) is 11.1 Å². The van der Waals surface area contributed by atoms with Crippen LogP contribution < -0.4 is 9.80 Å². The summed E-state index contributed by atoms with van der Waals surface area (Å²) in [4.78, 5) is 4.72. The predicted octanol–water partition coefficient (Wildman–Crippen LogP) is 16.6. The van der Waals surface area contributed by atoms with E-state index in [1.165, 1.54) is 64.6 Å². The van der Waals surface area contributed by atoms with Gasteiger partial charge in [0.2, 0.25) is 0 Å². The first-order chi connectivity index (χ1) is 29.7. The van der Waals surface area contributed by atoms with Crippen LogP contribution in [0.4, 0.5) is 34.1 Å². The van der Waals surface area contributed by atoms with Gasteiger partial charge in [0.05, 0.1) is 0 Å². The average Bonchev–Trinajstić information content (AvgIpc) is 3.31. The topological polar surface area (TPSA) is 6.48 Å². The van der Waals surface area contributed by atoms with Crippen molar-refractivity contribution in [3.05, 3.63) is 230 Å². The van der Waals surface area contributed by atoms with E-state index in [-0.39, 0.29) is 0 Å². The second-order valence-corrected chi connectivity index (χ2v) is 15.8. The highest BCUT2D eigenvalue weighted by atomic mass is 15.1. The molecular weight excluding hydrogens is 725 g/mol. The molecule has 280 valence electrons. The van der Waals surface area contributed by atoms with Gasteiger partial charge in [-0.1, -0.05) is 158 Å². The van der Waals surface area contributed by atoms with Gasteiger partial charge in [-0.2, -0.15) is 0 Å². The minimum atomic E-state index is 1.11. The fourth-order valence-corrected chi connectivity index (χ4v) is 9.44. The van der Waals surface area contributed by atoms with Gasteiger partial charge in [0, 0.05) is 34.1 Å². The summed E-state index contributed by atoms with van der Waals surface area (Å²) in [6.45, 7) is 0. The Morgan fingerprint density at radius 1 is 0.217 bits per heavy atom. The third-order valence-electron chi connectivity index (χ3n) is 12.2. The van der Waals surface area contributed by atoms with Gasteiger partial charge >= 0.3 is 0 Å². The fourth-order valence-electron chi connectivity index (χ4n) is 9.44. The molecule has 12 rings (SSSR count). The molecule has 0 heterocycles. The highest BCUT2D eigenvalue weighted by Gasteiger charge is 2.18. The van der Waals surface area contributed by atoms with E-state index in [9.17, 15) is 0 Å². The number of para-hydroxylation sites is 2. The van der Waals surface area contributed by atoms with Crippen molar-refractivity contribution in [2.45, 2.75) is 0 Å². The van der Waals surface area contributed by atoms with Crippen LogP contribution in [0.2, 0.25) is 0 Å². The van der Waals surface area contributed by atoms with E-state index in [0.29, 0.717) is 0 Å². The molecule has 0 saturated heterocycles. The van der Waals surface area contributed by atoms with Gasteiger partial charge in [-0.25, -0.2) is 0 Å². The summed E-state index contributed by atoms with van der Waals surface area (Å²) in [5.74, 6) is 0. The van der Waals surface area contributed by atoms with Crippen LogP contribution in [-0.4, -0.2) is 0 Å². The summed E-state index contributed by atoms with van der Waals surface area (Å²) in [5.41, 5.74) is 9.05. The summed E-state index contributed by atoms with van der Waals surface area (Å²) in [5, 5.41) is 15.5. The lowest BCUT2D eigenvalue weighted by Gasteiger charge is -2.26. The van der Waals surface area contributed by atoms with E-state index in [1.54, 1.807) is 0 Å². The zero-order valence-corrected chi connectivity index (χ0v) is 32.8. The molecule has 12 aromatic rings. The Kier molecular flexibility index (Phi) is 7.89. The van der Waals surface area contributed by atoms with E-state index in [4.69, 9.17) is 0 Å². The molecule has 0 aliphatic carbocycles. The summed E-state index contributed by atoms with van der Waals surface area (Å²) < 4.78 is 0. The van der Waals surface area contributed by atoms with Crippen molar-refractivity contribution >= 4 is 111 Å². The molecule has 2 heteroatoms. The maximum Gasteiger partial charge on any atom is 0.0473 e. The Bertz CT molecular complexity index is 3150. The quantitative estimate of drug-likeness (QED) is 0.112. The molecule has 0 fully saturated rings. The lowest BCUT2D eigenvalue weighted by molar-refractivity contribution is 1.29. The van der Waals surface area contributed by atoms with E-state index >= 15 is 0 Å². The Morgan fingerprint density at radius 2 is 0.500 bits per heavy atom. The molecule has 0 atom stereocenters. The summed E-state index contributed by atoms with van der Waals surface area (Å²) in [7, 11) is 0. The Labute approximate surface area is 348 Å². The lowest BCUT2D eigenvalue weighted by atomic mass is 9.93. The Hall–Kier alpha value is -7.94. The van der Waals surface area contributed by atoms with E-state index in [1.807, 2.05) is 0 Å². The molecule has 0 N–H and O–H groups in total. The van der Waals surface area contributed by atoms with Crippen molar-refractivity contribution < 1.29 is 0 Å². The van der Waals surface area contributed by atoms with Crippen LogP contribution in [-0.2, 0) is 0 Å². The summed E-state index contributed by atoms with van der Waals surface area (Å²) in [6.07, 6.45) is 4.40. The van der Waals surface area contributed by atoms with Crippen LogP contribution >= 0.6 is 0 Å². The molecule has 0 unspecified atom stereocenters. The maximum absolute atomic E-state index is 2.36. The normalized spacial score (nSPS) is 11.9. The lowest BCUT2D eigenvalue weighted by Crippen LogP contribution is -2.10. The largest absolute Gasteiger partial charge is 0.310 e. The first-order valence-electron chi connectivity index (χ1n) is 20.7. The molecule has 0 saturated carbocycles. The Morgan fingerprint density at radius 3 is 0.833 bits per heavy atom. The minimum absolute atomic E-state index is 1.11. The van der Waals surface area contributed by atoms with Crippen LogP contribution in [0.5, 0.6) is 0 Å². The minimum Gasteiger partial charge on any atom is -0.310 e. The zero-order valence-electron chi connectivity index (χ0n) is 32.8. The molecule has 0 aromatic heterocycles. The third kappa shape index (κ3) is 5.73. The molecule has 60 heavy (non-hydrogen) atoms. The van der Waals surface area contributed by atoms with Gasteiger partial charge < -0.3 is 9.80 Å². The number of anilines is 6. The van der Waals surface area contributed by atoms with Gasteiger partial charge in [-0.05, 0) is 149 Å². The predicted molar refractivity (Wildman–Crippen MR) is 259 cm³/mol. The highest BCUT2D eigenvalue weighted by molar-refractivity contribution is 6.25.